The summed E-state index contributed by atoms with van der Waals surface area (Å²) in [6, 6.07) is 15.9. The summed E-state index contributed by atoms with van der Waals surface area (Å²) in [5, 5.41) is 2.63. The largest absolute Gasteiger partial charge is 0.492 e. The zero-order chi connectivity index (χ0) is 18.8. The van der Waals surface area contributed by atoms with Crippen LogP contribution in [0.25, 0.3) is 0 Å². The predicted molar refractivity (Wildman–Crippen MR) is 97.4 cm³/mol. The third kappa shape index (κ3) is 6.84. The van der Waals surface area contributed by atoms with E-state index in [1.165, 1.54) is 0 Å². The minimum atomic E-state index is -0.559. The molecule has 1 N–H and O–H groups in total. The maximum absolute atomic E-state index is 11.9. The van der Waals surface area contributed by atoms with Gasteiger partial charge in [-0.1, -0.05) is 18.2 Å². The molecule has 2 aromatic rings. The number of para-hydroxylation sites is 1. The van der Waals surface area contributed by atoms with Crippen molar-refractivity contribution in [1.82, 2.24) is 5.32 Å². The molecule has 0 aromatic heterocycles. The molecular formula is C20H23NO5. The van der Waals surface area contributed by atoms with E-state index in [1.54, 1.807) is 24.3 Å². The van der Waals surface area contributed by atoms with Gasteiger partial charge in [0.15, 0.2) is 6.61 Å². The first-order chi connectivity index (χ1) is 12.5. The van der Waals surface area contributed by atoms with Crippen molar-refractivity contribution in [2.45, 2.75) is 20.0 Å². The smallest absolute Gasteiger partial charge is 0.338 e. The van der Waals surface area contributed by atoms with Gasteiger partial charge in [-0.05, 0) is 50.2 Å². The Morgan fingerprint density at radius 3 is 2.31 bits per heavy atom. The Hall–Kier alpha value is -3.02. The topological polar surface area (TPSA) is 73.9 Å². The molecule has 0 saturated carbocycles. The van der Waals surface area contributed by atoms with Crippen molar-refractivity contribution in [2.24, 2.45) is 0 Å². The number of ether oxygens (including phenoxy) is 3. The molecule has 0 aliphatic carbocycles. The van der Waals surface area contributed by atoms with E-state index < -0.39 is 5.97 Å². The van der Waals surface area contributed by atoms with Crippen LogP contribution in [0.15, 0.2) is 54.6 Å². The standard InChI is InChI=1S/C20H23NO5/c1-15(2)26-18-10-8-16(9-11-18)20(23)25-14-19(22)21-12-13-24-17-6-4-3-5-7-17/h3-11,15H,12-14H2,1-2H3,(H,21,22). The van der Waals surface area contributed by atoms with Crippen LogP contribution < -0.4 is 14.8 Å². The summed E-state index contributed by atoms with van der Waals surface area (Å²) >= 11 is 0. The molecule has 0 aliphatic heterocycles. The van der Waals surface area contributed by atoms with Crippen LogP contribution in [0.3, 0.4) is 0 Å². The second kappa shape index (κ2) is 10.1. The second-order valence-electron chi connectivity index (χ2n) is 5.78. The van der Waals surface area contributed by atoms with E-state index in [0.29, 0.717) is 24.5 Å². The molecule has 6 heteroatoms. The number of hydrogen-bond donors (Lipinski definition) is 1. The van der Waals surface area contributed by atoms with E-state index in [1.807, 2.05) is 44.2 Å². The molecule has 0 aliphatic rings. The van der Waals surface area contributed by atoms with E-state index in [2.05, 4.69) is 5.32 Å². The molecule has 0 saturated heterocycles. The van der Waals surface area contributed by atoms with E-state index in [4.69, 9.17) is 14.2 Å². The van der Waals surface area contributed by atoms with Crippen molar-refractivity contribution in [3.63, 3.8) is 0 Å². The molecule has 2 aromatic carbocycles. The van der Waals surface area contributed by atoms with Gasteiger partial charge >= 0.3 is 5.97 Å². The van der Waals surface area contributed by atoms with Gasteiger partial charge in [0.1, 0.15) is 18.1 Å². The van der Waals surface area contributed by atoms with E-state index >= 15 is 0 Å². The fraction of sp³-hybridized carbons (Fsp3) is 0.300. The summed E-state index contributed by atoms with van der Waals surface area (Å²) in [6.45, 7) is 4.17. The average molecular weight is 357 g/mol. The van der Waals surface area contributed by atoms with Gasteiger partial charge in [-0.15, -0.1) is 0 Å². The molecule has 1 amide bonds. The first-order valence-corrected chi connectivity index (χ1v) is 8.43. The molecule has 0 fully saturated rings. The number of carbonyl (C=O) groups is 2. The van der Waals surface area contributed by atoms with Crippen LogP contribution in [0.1, 0.15) is 24.2 Å². The Balaban J connectivity index is 1.65. The molecule has 0 bridgehead atoms. The highest BCUT2D eigenvalue weighted by Crippen LogP contribution is 2.14. The molecule has 0 spiro atoms. The lowest BCUT2D eigenvalue weighted by atomic mass is 10.2. The quantitative estimate of drug-likeness (QED) is 0.552. The molecule has 0 heterocycles. The fourth-order valence-corrected chi connectivity index (χ4v) is 2.08. The highest BCUT2D eigenvalue weighted by atomic mass is 16.5. The van der Waals surface area contributed by atoms with Crippen LogP contribution in [-0.4, -0.2) is 37.7 Å². The van der Waals surface area contributed by atoms with Gasteiger partial charge in [0.05, 0.1) is 18.2 Å². The zero-order valence-corrected chi connectivity index (χ0v) is 14.9. The van der Waals surface area contributed by atoms with Crippen LogP contribution in [-0.2, 0) is 9.53 Å². The summed E-state index contributed by atoms with van der Waals surface area (Å²) < 4.78 is 16.0. The van der Waals surface area contributed by atoms with Crippen molar-refractivity contribution in [3.05, 3.63) is 60.2 Å². The van der Waals surface area contributed by atoms with Crippen molar-refractivity contribution < 1.29 is 23.8 Å². The van der Waals surface area contributed by atoms with Crippen LogP contribution in [0.4, 0.5) is 0 Å². The number of nitrogens with one attached hydrogen (secondary N) is 1. The van der Waals surface area contributed by atoms with Gasteiger partial charge in [0.25, 0.3) is 5.91 Å². The molecule has 138 valence electrons. The van der Waals surface area contributed by atoms with Crippen LogP contribution in [0.2, 0.25) is 0 Å². The van der Waals surface area contributed by atoms with Crippen LogP contribution in [0, 0.1) is 0 Å². The minimum absolute atomic E-state index is 0.0577. The van der Waals surface area contributed by atoms with Gasteiger partial charge in [-0.25, -0.2) is 4.79 Å². The lowest BCUT2D eigenvalue weighted by Crippen LogP contribution is -2.32. The van der Waals surface area contributed by atoms with Gasteiger partial charge in [0, 0.05) is 0 Å². The van der Waals surface area contributed by atoms with Gasteiger partial charge in [0.2, 0.25) is 0 Å². The Morgan fingerprint density at radius 1 is 0.962 bits per heavy atom. The number of benzene rings is 2. The highest BCUT2D eigenvalue weighted by molar-refractivity contribution is 5.91. The normalized spacial score (nSPS) is 10.3. The molecule has 26 heavy (non-hydrogen) atoms. The first kappa shape index (κ1) is 19.3. The van der Waals surface area contributed by atoms with Crippen LogP contribution >= 0.6 is 0 Å². The number of hydrogen-bond acceptors (Lipinski definition) is 5. The minimum Gasteiger partial charge on any atom is -0.492 e. The Labute approximate surface area is 153 Å². The summed E-state index contributed by atoms with van der Waals surface area (Å²) in [7, 11) is 0. The van der Waals surface area contributed by atoms with Gasteiger partial charge in [-0.2, -0.15) is 0 Å². The SMILES string of the molecule is CC(C)Oc1ccc(C(=O)OCC(=O)NCCOc2ccccc2)cc1. The van der Waals surface area contributed by atoms with Gasteiger partial charge < -0.3 is 19.5 Å². The average Bonchev–Trinajstić information content (AvgIpc) is 2.64. The molecule has 0 radical (unpaired) electrons. The van der Waals surface area contributed by atoms with Crippen LogP contribution in [0.5, 0.6) is 11.5 Å². The monoisotopic (exact) mass is 357 g/mol. The molecule has 6 nitrogen and oxygen atoms in total. The van der Waals surface area contributed by atoms with Crippen molar-refractivity contribution >= 4 is 11.9 Å². The molecule has 0 atom stereocenters. The number of esters is 1. The van der Waals surface area contributed by atoms with Crippen molar-refractivity contribution in [1.29, 1.82) is 0 Å². The number of amides is 1. The Morgan fingerprint density at radius 2 is 1.65 bits per heavy atom. The lowest BCUT2D eigenvalue weighted by Gasteiger charge is -2.10. The zero-order valence-electron chi connectivity index (χ0n) is 14.9. The lowest BCUT2D eigenvalue weighted by molar-refractivity contribution is -0.124. The van der Waals surface area contributed by atoms with E-state index in [0.717, 1.165) is 5.75 Å². The van der Waals surface area contributed by atoms with E-state index in [-0.39, 0.29) is 18.6 Å². The number of rotatable bonds is 9. The predicted octanol–water partition coefficient (Wildman–Crippen LogP) is 2.83. The highest BCUT2D eigenvalue weighted by Gasteiger charge is 2.10. The number of carbonyl (C=O) groups excluding carboxylic acids is 2. The summed E-state index contributed by atoms with van der Waals surface area (Å²) in [5.74, 6) is 0.470. The Bertz CT molecular complexity index is 698. The second-order valence-corrected chi connectivity index (χ2v) is 5.78. The van der Waals surface area contributed by atoms with Gasteiger partial charge in [-0.3, -0.25) is 4.79 Å². The third-order valence-corrected chi connectivity index (χ3v) is 3.23. The van der Waals surface area contributed by atoms with E-state index in [9.17, 15) is 9.59 Å². The summed E-state index contributed by atoms with van der Waals surface area (Å²) in [4.78, 5) is 23.6. The maximum atomic E-state index is 11.9. The van der Waals surface area contributed by atoms with Crippen molar-refractivity contribution in [2.75, 3.05) is 19.8 Å². The molecular weight excluding hydrogens is 334 g/mol. The maximum Gasteiger partial charge on any atom is 0.338 e. The van der Waals surface area contributed by atoms with Crippen molar-refractivity contribution in [3.8, 4) is 11.5 Å². The fourth-order valence-electron chi connectivity index (χ4n) is 2.08. The third-order valence-electron chi connectivity index (χ3n) is 3.23. The molecule has 2 rings (SSSR count). The summed E-state index contributed by atoms with van der Waals surface area (Å²) in [6.07, 6.45) is 0.0577. The Kier molecular flexibility index (Phi) is 7.49. The summed E-state index contributed by atoms with van der Waals surface area (Å²) in [5.41, 5.74) is 0.362. The molecule has 0 unspecified atom stereocenters. The first-order valence-electron chi connectivity index (χ1n) is 8.43.